The fraction of sp³-hybridized carbons (Fsp3) is 0.154. The van der Waals surface area contributed by atoms with E-state index in [-0.39, 0.29) is 0 Å². The van der Waals surface area contributed by atoms with Gasteiger partial charge in [0.1, 0.15) is 0 Å². The molecular formula is C13H15N3. The van der Waals surface area contributed by atoms with E-state index < -0.39 is 0 Å². The number of hydrogen-bond acceptors (Lipinski definition) is 3. The van der Waals surface area contributed by atoms with Crippen LogP contribution in [0.4, 0.5) is 5.69 Å². The van der Waals surface area contributed by atoms with Crippen molar-refractivity contribution >= 4 is 5.69 Å². The second-order valence-corrected chi connectivity index (χ2v) is 3.50. The first-order chi connectivity index (χ1) is 7.88. The Balaban J connectivity index is 2.05. The van der Waals surface area contributed by atoms with Crippen LogP contribution in [0.3, 0.4) is 0 Å². The number of allylic oxidation sites excluding steroid dienone is 4. The van der Waals surface area contributed by atoms with E-state index in [1.54, 1.807) is 12.4 Å². The number of nitrogens with zero attached hydrogens (tertiary/aromatic N) is 1. The van der Waals surface area contributed by atoms with Gasteiger partial charge in [-0.05, 0) is 30.7 Å². The molecule has 1 aliphatic rings. The lowest BCUT2D eigenvalue weighted by Crippen LogP contribution is -2.02. The van der Waals surface area contributed by atoms with Crippen LogP contribution in [-0.2, 0) is 0 Å². The van der Waals surface area contributed by atoms with Gasteiger partial charge < -0.3 is 10.6 Å². The summed E-state index contributed by atoms with van der Waals surface area (Å²) in [6.07, 6.45) is 12.9. The van der Waals surface area contributed by atoms with Gasteiger partial charge in [-0.3, -0.25) is 4.98 Å². The molecule has 0 atom stereocenters. The predicted molar refractivity (Wildman–Crippen MR) is 66.8 cm³/mol. The fourth-order valence-corrected chi connectivity index (χ4v) is 1.51. The molecule has 3 heteroatoms. The quantitative estimate of drug-likeness (QED) is 0.809. The number of anilines is 1. The van der Waals surface area contributed by atoms with Crippen LogP contribution < -0.4 is 10.6 Å². The standard InChI is InChI=1S/C13H15N3/c1-14-11-3-2-4-12(6-5-11)16-13-7-9-15-10-8-13/h3-10,14H,2H2,1H3,(H,15,16). The van der Waals surface area contributed by atoms with E-state index in [2.05, 4.69) is 39.9 Å². The van der Waals surface area contributed by atoms with Crippen LogP contribution in [0.25, 0.3) is 0 Å². The SMILES string of the molecule is CNC1=CCC=C(Nc2ccncc2)C=C1. The normalized spacial score (nSPS) is 14.8. The molecule has 0 aliphatic heterocycles. The molecule has 2 N–H and O–H groups in total. The van der Waals surface area contributed by atoms with Crippen molar-refractivity contribution in [3.8, 4) is 0 Å². The number of aromatic nitrogens is 1. The van der Waals surface area contributed by atoms with E-state index in [0.29, 0.717) is 0 Å². The summed E-state index contributed by atoms with van der Waals surface area (Å²) in [5.41, 5.74) is 3.30. The number of pyridine rings is 1. The van der Waals surface area contributed by atoms with Gasteiger partial charge in [-0.1, -0.05) is 12.2 Å². The van der Waals surface area contributed by atoms with Gasteiger partial charge >= 0.3 is 0 Å². The molecule has 0 saturated heterocycles. The molecule has 0 unspecified atom stereocenters. The topological polar surface area (TPSA) is 37.0 Å². The van der Waals surface area contributed by atoms with Crippen molar-refractivity contribution in [2.75, 3.05) is 12.4 Å². The van der Waals surface area contributed by atoms with Crippen LogP contribution in [0.15, 0.2) is 60.2 Å². The van der Waals surface area contributed by atoms with Crippen LogP contribution in [0.2, 0.25) is 0 Å². The van der Waals surface area contributed by atoms with Gasteiger partial charge in [0.15, 0.2) is 0 Å². The fourth-order valence-electron chi connectivity index (χ4n) is 1.51. The first-order valence-corrected chi connectivity index (χ1v) is 5.31. The summed E-state index contributed by atoms with van der Waals surface area (Å²) in [6, 6.07) is 3.90. The molecule has 1 aliphatic carbocycles. The van der Waals surface area contributed by atoms with E-state index >= 15 is 0 Å². The summed E-state index contributed by atoms with van der Waals surface area (Å²) in [5.74, 6) is 0. The third-order valence-corrected chi connectivity index (χ3v) is 2.38. The summed E-state index contributed by atoms with van der Waals surface area (Å²) in [4.78, 5) is 3.98. The van der Waals surface area contributed by atoms with E-state index in [1.165, 1.54) is 0 Å². The lowest BCUT2D eigenvalue weighted by Gasteiger charge is -2.05. The second kappa shape index (κ2) is 5.16. The smallest absolute Gasteiger partial charge is 0.0415 e. The van der Waals surface area contributed by atoms with E-state index in [4.69, 9.17) is 0 Å². The molecule has 3 nitrogen and oxygen atoms in total. The van der Waals surface area contributed by atoms with Gasteiger partial charge in [-0.2, -0.15) is 0 Å². The van der Waals surface area contributed by atoms with Crippen LogP contribution in [-0.4, -0.2) is 12.0 Å². The van der Waals surface area contributed by atoms with Crippen molar-refractivity contribution in [2.45, 2.75) is 6.42 Å². The maximum absolute atomic E-state index is 3.98. The molecule has 0 amide bonds. The zero-order valence-corrected chi connectivity index (χ0v) is 9.27. The Labute approximate surface area is 95.6 Å². The monoisotopic (exact) mass is 213 g/mol. The minimum atomic E-state index is 0.927. The first-order valence-electron chi connectivity index (χ1n) is 5.31. The largest absolute Gasteiger partial charge is 0.388 e. The van der Waals surface area contributed by atoms with Gasteiger partial charge in [0, 0.05) is 36.5 Å². The first kappa shape index (κ1) is 10.5. The second-order valence-electron chi connectivity index (χ2n) is 3.50. The third kappa shape index (κ3) is 2.73. The highest BCUT2D eigenvalue weighted by molar-refractivity contribution is 5.50. The molecule has 1 aromatic rings. The molecule has 0 radical (unpaired) electrons. The highest BCUT2D eigenvalue weighted by Gasteiger charge is 1.97. The summed E-state index contributed by atoms with van der Waals surface area (Å²) in [6.45, 7) is 0. The summed E-state index contributed by atoms with van der Waals surface area (Å²) in [5, 5.41) is 6.47. The van der Waals surface area contributed by atoms with Gasteiger partial charge in [0.25, 0.3) is 0 Å². The molecule has 1 heterocycles. The maximum Gasteiger partial charge on any atom is 0.0415 e. The highest BCUT2D eigenvalue weighted by atomic mass is 14.9. The minimum Gasteiger partial charge on any atom is -0.388 e. The van der Waals surface area contributed by atoms with E-state index in [9.17, 15) is 0 Å². The van der Waals surface area contributed by atoms with E-state index in [1.807, 2.05) is 19.2 Å². The van der Waals surface area contributed by atoms with Gasteiger partial charge in [-0.25, -0.2) is 0 Å². The van der Waals surface area contributed by atoms with Crippen molar-refractivity contribution in [3.05, 3.63) is 60.2 Å². The Hall–Kier alpha value is -2.03. The zero-order chi connectivity index (χ0) is 11.2. The minimum absolute atomic E-state index is 0.927. The number of rotatable bonds is 3. The molecule has 82 valence electrons. The predicted octanol–water partition coefficient (Wildman–Crippen LogP) is 2.44. The Bertz CT molecular complexity index is 430. The van der Waals surface area contributed by atoms with Gasteiger partial charge in [-0.15, -0.1) is 0 Å². The molecular weight excluding hydrogens is 198 g/mol. The van der Waals surface area contributed by atoms with Crippen LogP contribution in [0, 0.1) is 0 Å². The van der Waals surface area contributed by atoms with Crippen LogP contribution in [0.1, 0.15) is 6.42 Å². The van der Waals surface area contributed by atoms with Crippen molar-refractivity contribution < 1.29 is 0 Å². The Morgan fingerprint density at radius 2 is 1.75 bits per heavy atom. The summed E-state index contributed by atoms with van der Waals surface area (Å²) < 4.78 is 0. The average Bonchev–Trinajstić information content (AvgIpc) is 2.56. The van der Waals surface area contributed by atoms with Crippen LogP contribution in [0.5, 0.6) is 0 Å². The lowest BCUT2D eigenvalue weighted by atomic mass is 10.3. The maximum atomic E-state index is 3.98. The molecule has 1 aromatic heterocycles. The zero-order valence-electron chi connectivity index (χ0n) is 9.27. The third-order valence-electron chi connectivity index (χ3n) is 2.38. The molecule has 2 rings (SSSR count). The Kier molecular flexibility index (Phi) is 3.38. The van der Waals surface area contributed by atoms with Crippen molar-refractivity contribution in [1.29, 1.82) is 0 Å². The number of likely N-dealkylation sites (N-methyl/N-ethyl adjacent to an activating group) is 1. The molecule has 0 saturated carbocycles. The summed E-state index contributed by atoms with van der Waals surface area (Å²) >= 11 is 0. The molecule has 0 spiro atoms. The van der Waals surface area contributed by atoms with Crippen LogP contribution >= 0.6 is 0 Å². The van der Waals surface area contributed by atoms with Gasteiger partial charge in [0.05, 0.1) is 0 Å². The summed E-state index contributed by atoms with van der Waals surface area (Å²) in [7, 11) is 1.93. The van der Waals surface area contributed by atoms with Crippen molar-refractivity contribution in [2.24, 2.45) is 0 Å². The highest BCUT2D eigenvalue weighted by Crippen LogP contribution is 2.12. The number of nitrogens with one attached hydrogen (secondary N) is 2. The number of hydrogen-bond donors (Lipinski definition) is 2. The Morgan fingerprint density at radius 1 is 1.06 bits per heavy atom. The lowest BCUT2D eigenvalue weighted by molar-refractivity contribution is 1.02. The Morgan fingerprint density at radius 3 is 2.50 bits per heavy atom. The average molecular weight is 213 g/mol. The molecule has 0 aromatic carbocycles. The van der Waals surface area contributed by atoms with E-state index in [0.717, 1.165) is 23.5 Å². The molecule has 0 bridgehead atoms. The van der Waals surface area contributed by atoms with Crippen molar-refractivity contribution in [3.63, 3.8) is 0 Å². The molecule has 16 heavy (non-hydrogen) atoms. The van der Waals surface area contributed by atoms with Gasteiger partial charge in [0.2, 0.25) is 0 Å². The molecule has 0 fully saturated rings. The van der Waals surface area contributed by atoms with Crippen molar-refractivity contribution in [1.82, 2.24) is 10.3 Å².